The maximum Gasteiger partial charge on any atom is 0.240 e. The number of hydrogen-bond donors (Lipinski definition) is 0. The van der Waals surface area contributed by atoms with Gasteiger partial charge in [-0.25, -0.2) is 0 Å². The molecule has 462 valence electrons. The molecule has 1 aliphatic heterocycles. The van der Waals surface area contributed by atoms with Gasteiger partial charge >= 0.3 is 0 Å². The molecule has 3 aromatic heterocycles. The summed E-state index contributed by atoms with van der Waals surface area (Å²) >= 11 is 0. The fraction of sp³-hybridized carbons (Fsp3) is 0.100. The van der Waals surface area contributed by atoms with E-state index >= 15 is 0 Å². The monoisotopic (exact) mass is 1260 g/mol. The van der Waals surface area contributed by atoms with Crippen LogP contribution in [0.15, 0.2) is 315 Å². The van der Waals surface area contributed by atoms with Crippen molar-refractivity contribution in [2.75, 3.05) is 4.90 Å². The van der Waals surface area contributed by atoms with Gasteiger partial charge < -0.3 is 4.90 Å². The van der Waals surface area contributed by atoms with Crippen LogP contribution >= 0.6 is 0 Å². The van der Waals surface area contributed by atoms with Crippen LogP contribution in [-0.2, 0) is 16.2 Å². The van der Waals surface area contributed by atoms with Crippen molar-refractivity contribution in [3.05, 3.63) is 349 Å². The zero-order chi connectivity index (χ0) is 64.8. The van der Waals surface area contributed by atoms with Crippen molar-refractivity contribution in [3.63, 3.8) is 0 Å². The first-order valence-corrected chi connectivity index (χ1v) is 36.1. The minimum Gasteiger partial charge on any atom is -0.310 e. The Morgan fingerprint density at radius 2 is 0.722 bits per heavy atom. The van der Waals surface area contributed by atoms with E-state index in [4.69, 9.17) is 15.0 Å². The van der Waals surface area contributed by atoms with Gasteiger partial charge in [-0.05, 0) is 155 Å². The maximum atomic E-state index is 5.55. The summed E-state index contributed by atoms with van der Waals surface area (Å²) in [6, 6.07) is 118. The van der Waals surface area contributed by atoms with Gasteiger partial charge in [0.1, 0.15) is 0 Å². The van der Waals surface area contributed by atoms with E-state index in [1.54, 1.807) is 0 Å². The van der Waals surface area contributed by atoms with Crippen LogP contribution in [0.25, 0.3) is 89.2 Å². The fourth-order valence-corrected chi connectivity index (χ4v) is 22.9. The first-order chi connectivity index (χ1) is 47.6. The lowest BCUT2D eigenvalue weighted by Crippen LogP contribution is -2.76. The Labute approximate surface area is 566 Å². The van der Waals surface area contributed by atoms with E-state index < -0.39 is 13.5 Å². The third-order valence-corrected chi connectivity index (χ3v) is 26.8. The van der Waals surface area contributed by atoms with Crippen LogP contribution in [0.5, 0.6) is 0 Å². The molecule has 0 unspecified atom stereocenters. The van der Waals surface area contributed by atoms with Gasteiger partial charge in [-0.1, -0.05) is 289 Å². The quantitative estimate of drug-likeness (QED) is 0.107. The standard InChI is InChI=1S/C90H68N6Si/c1-88(2)56-57-89(3,4)84-82(55-54-65(83(84)88)60-50-53-67-66-34-14-19-39-72(66)90(75(67)58-60)73-40-20-26-46-80(73)94(61-28-8-5-9-29-61)81-47-27-21-41-74(81)90)97(62-30-10-6-11-31-62,63-32-12-7-13-33-63)64-51-48-59(49-52-64)85-91-86(95-76-42-22-15-35-68(76)69-36-16-23-43-77(69)95)93-87(92-85)96-78-44-24-17-37-70(78)71-38-18-25-45-79(71)96/h5-55,58H,56-57H2,1-4H3. The summed E-state index contributed by atoms with van der Waals surface area (Å²) in [5.74, 6) is 1.71. The zero-order valence-corrected chi connectivity index (χ0v) is 55.6. The molecule has 0 bridgehead atoms. The van der Waals surface area contributed by atoms with E-state index in [0.717, 1.165) is 67.7 Å². The number of benzene rings is 13. The summed E-state index contributed by atoms with van der Waals surface area (Å²) < 4.78 is 4.43. The van der Waals surface area contributed by atoms with Gasteiger partial charge in [-0.2, -0.15) is 15.0 Å². The largest absolute Gasteiger partial charge is 0.310 e. The summed E-state index contributed by atoms with van der Waals surface area (Å²) in [6.45, 7) is 10.1. The topological polar surface area (TPSA) is 51.8 Å². The molecule has 19 rings (SSSR count). The van der Waals surface area contributed by atoms with Crippen LogP contribution in [0.2, 0.25) is 0 Å². The molecule has 2 aliphatic carbocycles. The van der Waals surface area contributed by atoms with Crippen LogP contribution in [0, 0.1) is 0 Å². The number of nitrogens with zero attached hydrogens (tertiary/aromatic N) is 6. The number of fused-ring (bicyclic) bond motifs is 16. The molecule has 7 heteroatoms. The minimum absolute atomic E-state index is 0.186. The van der Waals surface area contributed by atoms with E-state index in [1.165, 1.54) is 87.8 Å². The van der Waals surface area contributed by atoms with Crippen LogP contribution in [0.1, 0.15) is 73.9 Å². The van der Waals surface area contributed by atoms with E-state index in [2.05, 4.69) is 357 Å². The molecule has 6 nitrogen and oxygen atoms in total. The fourth-order valence-electron chi connectivity index (χ4n) is 17.7. The average Bonchev–Trinajstić information content (AvgIpc) is 1.62. The summed E-state index contributed by atoms with van der Waals surface area (Å²) in [6.07, 6.45) is 2.10. The summed E-state index contributed by atoms with van der Waals surface area (Å²) in [7, 11) is -3.28. The Morgan fingerprint density at radius 1 is 0.320 bits per heavy atom. The van der Waals surface area contributed by atoms with Gasteiger partial charge in [-0.3, -0.25) is 9.13 Å². The second kappa shape index (κ2) is 21.5. The predicted octanol–water partition coefficient (Wildman–Crippen LogP) is 19.3. The van der Waals surface area contributed by atoms with E-state index in [0.29, 0.717) is 17.7 Å². The number of rotatable bonds is 9. The molecule has 16 aromatic rings. The minimum atomic E-state index is -3.28. The summed E-state index contributed by atoms with van der Waals surface area (Å²) in [4.78, 5) is 19.1. The van der Waals surface area contributed by atoms with Crippen LogP contribution in [0.3, 0.4) is 0 Å². The third-order valence-electron chi connectivity index (χ3n) is 22.0. The molecule has 97 heavy (non-hydrogen) atoms. The van der Waals surface area contributed by atoms with Gasteiger partial charge in [0, 0.05) is 32.8 Å². The Bertz CT molecular complexity index is 5520. The normalized spacial score (nSPS) is 14.7. The van der Waals surface area contributed by atoms with Crippen molar-refractivity contribution in [2.45, 2.75) is 56.8 Å². The highest BCUT2D eigenvalue weighted by molar-refractivity contribution is 7.20. The molecule has 1 spiro atoms. The summed E-state index contributed by atoms with van der Waals surface area (Å²) in [5, 5.41) is 9.97. The molecule has 0 N–H and O–H groups in total. The van der Waals surface area contributed by atoms with Crippen molar-refractivity contribution < 1.29 is 0 Å². The number of anilines is 3. The molecule has 0 amide bonds. The average molecular weight is 1260 g/mol. The second-order valence-corrected chi connectivity index (χ2v) is 31.8. The highest BCUT2D eigenvalue weighted by Gasteiger charge is 2.53. The van der Waals surface area contributed by atoms with E-state index in [9.17, 15) is 0 Å². The lowest BCUT2D eigenvalue weighted by molar-refractivity contribution is 0.334. The Kier molecular flexibility index (Phi) is 12.6. The Balaban J connectivity index is 0.834. The van der Waals surface area contributed by atoms with Gasteiger partial charge in [0.25, 0.3) is 0 Å². The van der Waals surface area contributed by atoms with Crippen molar-refractivity contribution in [2.24, 2.45) is 0 Å². The summed E-state index contributed by atoms with van der Waals surface area (Å²) in [5.41, 5.74) is 20.9. The SMILES string of the molecule is CC1(C)CCC(C)(C)c2c([Si](c3ccccc3)(c3ccccc3)c3ccc(-c4nc(-n5c6ccccc6c6ccccc65)nc(-n5c6ccccc6c6ccccc65)n4)cc3)ccc(-c3ccc4c(c3)C3(c5ccccc5-4)c4ccccc4N(c4ccccc4)c4ccccc43)c21. The van der Waals surface area contributed by atoms with Gasteiger partial charge in [0.05, 0.1) is 38.9 Å². The molecule has 0 saturated carbocycles. The highest BCUT2D eigenvalue weighted by atomic mass is 28.3. The lowest BCUT2D eigenvalue weighted by Gasteiger charge is -2.48. The van der Waals surface area contributed by atoms with E-state index in [-0.39, 0.29) is 10.8 Å². The number of para-hydroxylation sites is 7. The first-order valence-electron chi connectivity index (χ1n) is 34.1. The van der Waals surface area contributed by atoms with Gasteiger partial charge in [0.15, 0.2) is 13.9 Å². The number of aromatic nitrogens is 5. The molecule has 0 atom stereocenters. The van der Waals surface area contributed by atoms with E-state index in [1.807, 2.05) is 0 Å². The number of hydrogen-bond acceptors (Lipinski definition) is 4. The maximum absolute atomic E-state index is 5.55. The Hall–Kier alpha value is -11.5. The highest BCUT2D eigenvalue weighted by Crippen LogP contribution is 2.64. The molecule has 0 saturated heterocycles. The van der Waals surface area contributed by atoms with Crippen LogP contribution in [-0.4, -0.2) is 32.2 Å². The molecule has 3 aliphatic rings. The van der Waals surface area contributed by atoms with Gasteiger partial charge in [-0.15, -0.1) is 0 Å². The first kappa shape index (κ1) is 57.0. The molecular formula is C90H68N6Si. The van der Waals surface area contributed by atoms with Crippen molar-refractivity contribution in [3.8, 4) is 45.5 Å². The molecular weight excluding hydrogens is 1190 g/mol. The van der Waals surface area contributed by atoms with Crippen molar-refractivity contribution in [1.82, 2.24) is 24.1 Å². The molecule has 13 aromatic carbocycles. The predicted molar refractivity (Wildman–Crippen MR) is 404 cm³/mol. The molecule has 4 heterocycles. The van der Waals surface area contributed by atoms with Crippen molar-refractivity contribution >= 4 is 89.5 Å². The molecule has 0 radical (unpaired) electrons. The third kappa shape index (κ3) is 8.22. The van der Waals surface area contributed by atoms with Crippen LogP contribution < -0.4 is 25.6 Å². The second-order valence-electron chi connectivity index (χ2n) is 28.0. The van der Waals surface area contributed by atoms with Crippen molar-refractivity contribution in [1.29, 1.82) is 0 Å². The smallest absolute Gasteiger partial charge is 0.240 e. The lowest BCUT2D eigenvalue weighted by atomic mass is 9.61. The zero-order valence-electron chi connectivity index (χ0n) is 54.6. The molecule has 0 fully saturated rings. The van der Waals surface area contributed by atoms with Gasteiger partial charge in [0.2, 0.25) is 11.9 Å². The van der Waals surface area contributed by atoms with Crippen LogP contribution in [0.4, 0.5) is 17.1 Å². The Morgan fingerprint density at radius 3 is 1.25 bits per heavy atom.